The van der Waals surface area contributed by atoms with Gasteiger partial charge in [-0.3, -0.25) is 4.79 Å². The Morgan fingerprint density at radius 1 is 1.64 bits per heavy atom. The van der Waals surface area contributed by atoms with Crippen molar-refractivity contribution in [1.29, 1.82) is 0 Å². The lowest BCUT2D eigenvalue weighted by atomic mass is 10.3. The highest BCUT2D eigenvalue weighted by Gasteiger charge is 2.20. The molecule has 0 radical (unpaired) electrons. The van der Waals surface area contributed by atoms with Gasteiger partial charge in [0.1, 0.15) is 0 Å². The van der Waals surface area contributed by atoms with E-state index >= 15 is 0 Å². The number of nitrogens with zero attached hydrogens (tertiary/aromatic N) is 1. The largest absolute Gasteiger partial charge is 0.465 e. The molecule has 6 heteroatoms. The van der Waals surface area contributed by atoms with E-state index in [4.69, 9.17) is 16.6 Å². The Kier molecular flexibility index (Phi) is 3.49. The van der Waals surface area contributed by atoms with Crippen LogP contribution < -0.4 is 11.5 Å². The third-order valence-corrected chi connectivity index (χ3v) is 1.19. The molecular weight excluding hydrogens is 150 g/mol. The number of imide groups is 1. The van der Waals surface area contributed by atoms with E-state index in [2.05, 4.69) is 0 Å². The maximum Gasteiger partial charge on any atom is 0.413 e. The minimum Gasteiger partial charge on any atom is -0.465 e. The Balaban J connectivity index is 4.13. The van der Waals surface area contributed by atoms with E-state index in [1.165, 1.54) is 0 Å². The second kappa shape index (κ2) is 3.89. The highest BCUT2D eigenvalue weighted by molar-refractivity contribution is 5.93. The molecule has 0 saturated carbocycles. The Bertz CT molecular complexity index is 170. The minimum atomic E-state index is -1.33. The first-order chi connectivity index (χ1) is 5.00. The number of hydrogen-bond donors (Lipinski definition) is 3. The zero-order valence-corrected chi connectivity index (χ0v) is 6.15. The molecule has 1 atom stereocenters. The number of likely N-dealkylation sites (N-methyl/N-ethyl adjacent to an activating group) is 1. The normalized spacial score (nSPS) is 12.3. The van der Waals surface area contributed by atoms with Crippen molar-refractivity contribution in [2.24, 2.45) is 11.5 Å². The van der Waals surface area contributed by atoms with Gasteiger partial charge in [-0.2, -0.15) is 0 Å². The first-order valence-electron chi connectivity index (χ1n) is 2.96. The number of hydrogen-bond acceptors (Lipinski definition) is 4. The lowest BCUT2D eigenvalue weighted by Gasteiger charge is -2.14. The highest BCUT2D eigenvalue weighted by atomic mass is 16.4. The zero-order chi connectivity index (χ0) is 9.02. The lowest BCUT2D eigenvalue weighted by molar-refractivity contribution is -0.129. The summed E-state index contributed by atoms with van der Waals surface area (Å²) in [5.41, 5.74) is 10.2. The monoisotopic (exact) mass is 161 g/mol. The van der Waals surface area contributed by atoms with Crippen LogP contribution in [-0.2, 0) is 4.79 Å². The summed E-state index contributed by atoms with van der Waals surface area (Å²) < 4.78 is 0. The number of carbonyl (C=O) groups is 2. The fraction of sp³-hybridized carbons (Fsp3) is 0.600. The smallest absolute Gasteiger partial charge is 0.413 e. The van der Waals surface area contributed by atoms with E-state index in [1.54, 1.807) is 0 Å². The van der Waals surface area contributed by atoms with Crippen LogP contribution in [0.3, 0.4) is 0 Å². The van der Waals surface area contributed by atoms with Crippen molar-refractivity contribution >= 4 is 12.0 Å². The molecule has 0 aromatic rings. The van der Waals surface area contributed by atoms with Gasteiger partial charge in [-0.25, -0.2) is 9.69 Å². The number of nitrogens with two attached hydrogens (primary N) is 2. The quantitative estimate of drug-likeness (QED) is 0.452. The summed E-state index contributed by atoms with van der Waals surface area (Å²) in [6.07, 6.45) is -1.33. The van der Waals surface area contributed by atoms with Crippen molar-refractivity contribution < 1.29 is 14.7 Å². The Morgan fingerprint density at radius 3 is 2.36 bits per heavy atom. The van der Waals surface area contributed by atoms with Gasteiger partial charge in [0.2, 0.25) is 5.91 Å². The standard InChI is InChI=1S/C5H11N3O3/c1-8(5(10)11)4(9)3(7)2-6/h3H,2,6-7H2,1H3,(H,10,11). The van der Waals surface area contributed by atoms with Crippen LogP contribution in [0.25, 0.3) is 0 Å². The van der Waals surface area contributed by atoms with Gasteiger partial charge in [-0.1, -0.05) is 0 Å². The molecule has 1 unspecified atom stereocenters. The molecule has 0 bridgehead atoms. The first kappa shape index (κ1) is 9.86. The highest BCUT2D eigenvalue weighted by Crippen LogP contribution is 1.88. The molecule has 2 amide bonds. The topological polar surface area (TPSA) is 110 Å². The number of carboxylic acid groups (broad SMARTS) is 1. The molecule has 6 nitrogen and oxygen atoms in total. The minimum absolute atomic E-state index is 0.0591. The fourth-order valence-corrected chi connectivity index (χ4v) is 0.444. The fourth-order valence-electron chi connectivity index (χ4n) is 0.444. The van der Waals surface area contributed by atoms with Crippen LogP contribution in [-0.4, -0.2) is 41.6 Å². The molecule has 0 heterocycles. The van der Waals surface area contributed by atoms with Crippen molar-refractivity contribution in [1.82, 2.24) is 4.90 Å². The summed E-state index contributed by atoms with van der Waals surface area (Å²) in [6, 6.07) is -0.934. The van der Waals surface area contributed by atoms with E-state index in [0.717, 1.165) is 7.05 Å². The average molecular weight is 161 g/mol. The number of carbonyl (C=O) groups excluding carboxylic acids is 1. The predicted molar refractivity (Wildman–Crippen MR) is 37.8 cm³/mol. The molecule has 0 rings (SSSR count). The van der Waals surface area contributed by atoms with Gasteiger partial charge in [0.25, 0.3) is 0 Å². The van der Waals surface area contributed by atoms with Crippen LogP contribution in [0.15, 0.2) is 0 Å². The van der Waals surface area contributed by atoms with Gasteiger partial charge in [0.15, 0.2) is 0 Å². The molecule has 0 aromatic heterocycles. The SMILES string of the molecule is CN(C(=O)O)C(=O)C(N)CN. The lowest BCUT2D eigenvalue weighted by Crippen LogP contribution is -2.47. The molecular formula is C5H11N3O3. The van der Waals surface area contributed by atoms with Gasteiger partial charge in [-0.05, 0) is 0 Å². The van der Waals surface area contributed by atoms with Crippen LogP contribution >= 0.6 is 0 Å². The summed E-state index contributed by atoms with van der Waals surface area (Å²) in [5, 5.41) is 8.31. The van der Waals surface area contributed by atoms with Crippen molar-refractivity contribution in [2.75, 3.05) is 13.6 Å². The van der Waals surface area contributed by atoms with Crippen molar-refractivity contribution in [3.8, 4) is 0 Å². The Hall–Kier alpha value is -1.14. The molecule has 11 heavy (non-hydrogen) atoms. The molecule has 5 N–H and O–H groups in total. The van der Waals surface area contributed by atoms with E-state index in [1.807, 2.05) is 0 Å². The zero-order valence-electron chi connectivity index (χ0n) is 6.15. The molecule has 0 fully saturated rings. The molecule has 0 aromatic carbocycles. The molecule has 0 aliphatic carbocycles. The molecule has 0 saturated heterocycles. The van der Waals surface area contributed by atoms with E-state index in [0.29, 0.717) is 4.90 Å². The summed E-state index contributed by atoms with van der Waals surface area (Å²) in [4.78, 5) is 21.5. The van der Waals surface area contributed by atoms with E-state index < -0.39 is 18.0 Å². The summed E-state index contributed by atoms with van der Waals surface area (Å²) in [7, 11) is 1.13. The number of rotatable bonds is 2. The van der Waals surface area contributed by atoms with Crippen molar-refractivity contribution in [3.05, 3.63) is 0 Å². The molecule has 64 valence electrons. The van der Waals surface area contributed by atoms with Crippen molar-refractivity contribution in [2.45, 2.75) is 6.04 Å². The third kappa shape index (κ3) is 2.52. The van der Waals surface area contributed by atoms with Gasteiger partial charge in [-0.15, -0.1) is 0 Å². The predicted octanol–water partition coefficient (Wildman–Crippen LogP) is -1.59. The molecule has 0 aliphatic heterocycles. The van der Waals surface area contributed by atoms with E-state index in [9.17, 15) is 9.59 Å². The van der Waals surface area contributed by atoms with Crippen LogP contribution in [0, 0.1) is 0 Å². The van der Waals surface area contributed by atoms with Gasteiger partial charge < -0.3 is 16.6 Å². The molecule has 0 aliphatic rings. The van der Waals surface area contributed by atoms with Crippen LogP contribution in [0.5, 0.6) is 0 Å². The average Bonchev–Trinajstić information content (AvgIpc) is 2.00. The van der Waals surface area contributed by atoms with Gasteiger partial charge >= 0.3 is 6.09 Å². The van der Waals surface area contributed by atoms with Crippen LogP contribution in [0.4, 0.5) is 4.79 Å². The van der Waals surface area contributed by atoms with Gasteiger partial charge in [0, 0.05) is 13.6 Å². The maximum atomic E-state index is 10.9. The van der Waals surface area contributed by atoms with Crippen LogP contribution in [0.1, 0.15) is 0 Å². The first-order valence-corrected chi connectivity index (χ1v) is 2.96. The van der Waals surface area contributed by atoms with Crippen LogP contribution in [0.2, 0.25) is 0 Å². The Labute approximate surface area is 63.8 Å². The van der Waals surface area contributed by atoms with E-state index in [-0.39, 0.29) is 6.54 Å². The second-order valence-electron chi connectivity index (χ2n) is 2.02. The summed E-state index contributed by atoms with van der Waals surface area (Å²) in [6.45, 7) is -0.0591. The second-order valence-corrected chi connectivity index (χ2v) is 2.02. The Morgan fingerprint density at radius 2 is 2.09 bits per heavy atom. The number of amides is 2. The maximum absolute atomic E-state index is 10.9. The molecule has 0 spiro atoms. The van der Waals surface area contributed by atoms with Crippen molar-refractivity contribution in [3.63, 3.8) is 0 Å². The third-order valence-electron chi connectivity index (χ3n) is 1.19. The summed E-state index contributed by atoms with van der Waals surface area (Å²) in [5.74, 6) is -0.694. The van der Waals surface area contributed by atoms with Gasteiger partial charge in [0.05, 0.1) is 6.04 Å². The summed E-state index contributed by atoms with van der Waals surface area (Å²) >= 11 is 0.